The molecule has 1 saturated heterocycles. The fourth-order valence-corrected chi connectivity index (χ4v) is 3.49. The first-order valence-corrected chi connectivity index (χ1v) is 9.31. The average molecular weight is 346 g/mol. The number of benzene rings is 1. The van der Waals surface area contributed by atoms with Crippen molar-refractivity contribution in [2.75, 3.05) is 33.3 Å². The van der Waals surface area contributed by atoms with Gasteiger partial charge in [0.2, 0.25) is 0 Å². The molecule has 1 aromatic rings. The minimum Gasteiger partial charge on any atom is -0.469 e. The summed E-state index contributed by atoms with van der Waals surface area (Å²) in [5, 5.41) is 0. The molecule has 1 heterocycles. The molecule has 0 aromatic heterocycles. The molecule has 25 heavy (non-hydrogen) atoms. The van der Waals surface area contributed by atoms with E-state index in [0.717, 1.165) is 57.4 Å². The highest BCUT2D eigenvalue weighted by Gasteiger charge is 2.26. The summed E-state index contributed by atoms with van der Waals surface area (Å²) in [7, 11) is 1.44. The molecule has 0 unspecified atom stereocenters. The van der Waals surface area contributed by atoms with Gasteiger partial charge in [-0.15, -0.1) is 0 Å². The summed E-state index contributed by atoms with van der Waals surface area (Å²) < 4.78 is 4.72. The number of hydrogen-bond donors (Lipinski definition) is 0. The van der Waals surface area contributed by atoms with Gasteiger partial charge in [0.25, 0.3) is 5.91 Å². The Hall–Kier alpha value is -1.88. The maximum Gasteiger partial charge on any atom is 0.305 e. The first-order chi connectivity index (χ1) is 12.2. The minimum atomic E-state index is -0.139. The third kappa shape index (κ3) is 5.85. The number of amides is 1. The second-order valence-corrected chi connectivity index (χ2v) is 6.61. The third-order valence-corrected chi connectivity index (χ3v) is 4.85. The number of rotatable bonds is 8. The number of carbonyl (C=O) groups is 2. The summed E-state index contributed by atoms with van der Waals surface area (Å²) in [6.07, 6.45) is 4.40. The van der Waals surface area contributed by atoms with Crippen molar-refractivity contribution in [2.45, 2.75) is 45.1 Å². The fourth-order valence-electron chi connectivity index (χ4n) is 3.49. The number of piperidine rings is 1. The van der Waals surface area contributed by atoms with Crippen LogP contribution >= 0.6 is 0 Å². The lowest BCUT2D eigenvalue weighted by Gasteiger charge is -2.38. The van der Waals surface area contributed by atoms with E-state index in [1.54, 1.807) is 0 Å². The van der Waals surface area contributed by atoms with Crippen molar-refractivity contribution in [1.82, 2.24) is 9.80 Å². The molecular formula is C20H30N2O3. The van der Waals surface area contributed by atoms with E-state index in [0.29, 0.717) is 12.5 Å². The van der Waals surface area contributed by atoms with Crippen molar-refractivity contribution in [2.24, 2.45) is 0 Å². The van der Waals surface area contributed by atoms with E-state index in [9.17, 15) is 9.59 Å². The van der Waals surface area contributed by atoms with Crippen molar-refractivity contribution in [1.29, 1.82) is 0 Å². The lowest BCUT2D eigenvalue weighted by atomic mass is 10.0. The van der Waals surface area contributed by atoms with Crippen LogP contribution in [0.15, 0.2) is 30.3 Å². The molecule has 138 valence electrons. The maximum atomic E-state index is 12.5. The van der Waals surface area contributed by atoms with Gasteiger partial charge in [-0.05, 0) is 50.9 Å². The smallest absolute Gasteiger partial charge is 0.305 e. The number of methoxy groups -OCH3 is 1. The normalized spacial score (nSPS) is 15.4. The molecular weight excluding hydrogens is 316 g/mol. The Morgan fingerprint density at radius 1 is 1.16 bits per heavy atom. The molecule has 1 aliphatic heterocycles. The summed E-state index contributed by atoms with van der Waals surface area (Å²) in [5.41, 5.74) is 0.768. The van der Waals surface area contributed by atoms with Gasteiger partial charge in [0.15, 0.2) is 0 Å². The number of hydrogen-bond acceptors (Lipinski definition) is 4. The van der Waals surface area contributed by atoms with Gasteiger partial charge in [-0.25, -0.2) is 0 Å². The molecule has 0 aliphatic carbocycles. The number of likely N-dealkylation sites (tertiary alicyclic amines) is 1. The van der Waals surface area contributed by atoms with E-state index in [4.69, 9.17) is 4.74 Å². The Morgan fingerprint density at radius 3 is 2.44 bits per heavy atom. The lowest BCUT2D eigenvalue weighted by molar-refractivity contribution is -0.140. The van der Waals surface area contributed by atoms with Crippen LogP contribution in [-0.2, 0) is 9.53 Å². The first-order valence-electron chi connectivity index (χ1n) is 9.31. The van der Waals surface area contributed by atoms with Gasteiger partial charge in [-0.3, -0.25) is 9.59 Å². The van der Waals surface area contributed by atoms with Crippen LogP contribution in [0.25, 0.3) is 0 Å². The first kappa shape index (κ1) is 19.4. The van der Waals surface area contributed by atoms with Gasteiger partial charge in [0.05, 0.1) is 7.11 Å². The molecule has 1 aliphatic rings. The van der Waals surface area contributed by atoms with Crippen molar-refractivity contribution in [3.8, 4) is 0 Å². The Balaban J connectivity index is 1.83. The van der Waals surface area contributed by atoms with Crippen LogP contribution in [0.5, 0.6) is 0 Å². The molecule has 5 nitrogen and oxygen atoms in total. The van der Waals surface area contributed by atoms with Crippen molar-refractivity contribution >= 4 is 11.9 Å². The van der Waals surface area contributed by atoms with Crippen LogP contribution in [0.4, 0.5) is 0 Å². The molecule has 5 heteroatoms. The van der Waals surface area contributed by atoms with E-state index >= 15 is 0 Å². The predicted molar refractivity (Wildman–Crippen MR) is 98.5 cm³/mol. The van der Waals surface area contributed by atoms with Crippen LogP contribution < -0.4 is 0 Å². The van der Waals surface area contributed by atoms with E-state index in [2.05, 4.69) is 11.8 Å². The van der Waals surface area contributed by atoms with Gasteiger partial charge in [0.1, 0.15) is 0 Å². The summed E-state index contributed by atoms with van der Waals surface area (Å²) >= 11 is 0. The predicted octanol–water partition coefficient (Wildman–Crippen LogP) is 2.96. The molecule has 2 rings (SSSR count). The lowest BCUT2D eigenvalue weighted by Crippen LogP contribution is -2.47. The topological polar surface area (TPSA) is 49.9 Å². The zero-order valence-electron chi connectivity index (χ0n) is 15.4. The summed E-state index contributed by atoms with van der Waals surface area (Å²) in [6, 6.07) is 10.0. The van der Waals surface area contributed by atoms with Crippen molar-refractivity contribution in [3.63, 3.8) is 0 Å². The molecule has 0 spiro atoms. The summed E-state index contributed by atoms with van der Waals surface area (Å²) in [5.74, 6) is -0.00786. The quantitative estimate of drug-likeness (QED) is 0.679. The van der Waals surface area contributed by atoms with E-state index in [-0.39, 0.29) is 11.9 Å². The van der Waals surface area contributed by atoms with E-state index in [1.807, 2.05) is 35.2 Å². The van der Waals surface area contributed by atoms with Gasteiger partial charge in [0, 0.05) is 31.1 Å². The highest BCUT2D eigenvalue weighted by molar-refractivity contribution is 5.94. The molecule has 0 atom stereocenters. The van der Waals surface area contributed by atoms with Crippen LogP contribution in [-0.4, -0.2) is 61.0 Å². The summed E-state index contributed by atoms with van der Waals surface area (Å²) in [6.45, 7) is 5.74. The molecule has 0 N–H and O–H groups in total. The SMILES string of the molecule is CCCN(CCCC(=O)OC)C1CCN(C(=O)c2ccccc2)CC1. The average Bonchev–Trinajstić information content (AvgIpc) is 2.67. The second kappa shape index (κ2) is 10.2. The monoisotopic (exact) mass is 346 g/mol. The molecule has 1 aromatic carbocycles. The van der Waals surface area contributed by atoms with Gasteiger partial charge < -0.3 is 14.5 Å². The number of nitrogens with zero attached hydrogens (tertiary/aromatic N) is 2. The van der Waals surface area contributed by atoms with Crippen LogP contribution in [0.3, 0.4) is 0 Å². The van der Waals surface area contributed by atoms with Crippen LogP contribution in [0, 0.1) is 0 Å². The van der Waals surface area contributed by atoms with E-state index in [1.165, 1.54) is 7.11 Å². The molecule has 0 saturated carbocycles. The second-order valence-electron chi connectivity index (χ2n) is 6.61. The Labute approximate surface area is 150 Å². The van der Waals surface area contributed by atoms with Gasteiger partial charge >= 0.3 is 5.97 Å². The van der Waals surface area contributed by atoms with Crippen LogP contribution in [0.2, 0.25) is 0 Å². The Morgan fingerprint density at radius 2 is 1.84 bits per heavy atom. The summed E-state index contributed by atoms with van der Waals surface area (Å²) in [4.78, 5) is 28.3. The van der Waals surface area contributed by atoms with Crippen molar-refractivity contribution < 1.29 is 14.3 Å². The number of esters is 1. The number of carbonyl (C=O) groups excluding carboxylic acids is 2. The molecule has 0 bridgehead atoms. The maximum absolute atomic E-state index is 12.5. The minimum absolute atomic E-state index is 0.131. The highest BCUT2D eigenvalue weighted by Crippen LogP contribution is 2.19. The molecule has 0 radical (unpaired) electrons. The zero-order valence-corrected chi connectivity index (χ0v) is 15.4. The Kier molecular flexibility index (Phi) is 7.92. The zero-order chi connectivity index (χ0) is 18.1. The fraction of sp³-hybridized carbons (Fsp3) is 0.600. The van der Waals surface area contributed by atoms with Gasteiger partial charge in [-0.2, -0.15) is 0 Å². The van der Waals surface area contributed by atoms with E-state index < -0.39 is 0 Å². The molecule has 1 amide bonds. The van der Waals surface area contributed by atoms with Gasteiger partial charge in [-0.1, -0.05) is 25.1 Å². The molecule has 1 fully saturated rings. The Bertz CT molecular complexity index is 539. The van der Waals surface area contributed by atoms with Crippen LogP contribution in [0.1, 0.15) is 49.4 Å². The largest absolute Gasteiger partial charge is 0.469 e. The third-order valence-electron chi connectivity index (χ3n) is 4.85. The van der Waals surface area contributed by atoms with Crippen molar-refractivity contribution in [3.05, 3.63) is 35.9 Å². The standard InChI is InChI=1S/C20H30N2O3/c1-3-13-21(14-7-10-19(23)25-2)18-11-15-22(16-12-18)20(24)17-8-5-4-6-9-17/h4-6,8-9,18H,3,7,10-16H2,1-2H3. The highest BCUT2D eigenvalue weighted by atomic mass is 16.5. The number of ether oxygens (including phenoxy) is 1.